The highest BCUT2D eigenvalue weighted by atomic mass is 79.9. The highest BCUT2D eigenvalue weighted by molar-refractivity contribution is 9.10. The number of piperazine rings is 1. The molecule has 19 heavy (non-hydrogen) atoms. The van der Waals surface area contributed by atoms with Gasteiger partial charge in [-0.3, -0.25) is 4.79 Å². The van der Waals surface area contributed by atoms with Gasteiger partial charge in [0.25, 0.3) is 5.91 Å². The van der Waals surface area contributed by atoms with Crippen molar-refractivity contribution in [3.8, 4) is 0 Å². The van der Waals surface area contributed by atoms with Gasteiger partial charge in [-0.25, -0.2) is 4.39 Å². The Balaban J connectivity index is 2.22. The van der Waals surface area contributed by atoms with Gasteiger partial charge < -0.3 is 15.5 Å². The molecule has 0 aromatic heterocycles. The van der Waals surface area contributed by atoms with Crippen LogP contribution in [-0.2, 0) is 0 Å². The van der Waals surface area contributed by atoms with E-state index in [9.17, 15) is 9.18 Å². The SMILES string of the molecule is CN1CCN(C(=O)c2ccc(F)cc2Br)C(CN)C1. The molecule has 4 nitrogen and oxygen atoms in total. The molecule has 2 rings (SSSR count). The second-order valence-corrected chi connectivity index (χ2v) is 5.63. The van der Waals surface area contributed by atoms with Crippen molar-refractivity contribution in [1.29, 1.82) is 0 Å². The van der Waals surface area contributed by atoms with Crippen LogP contribution in [0.5, 0.6) is 0 Å². The highest BCUT2D eigenvalue weighted by Gasteiger charge is 2.29. The summed E-state index contributed by atoms with van der Waals surface area (Å²) in [5, 5.41) is 0. The van der Waals surface area contributed by atoms with Crippen molar-refractivity contribution in [3.05, 3.63) is 34.1 Å². The predicted molar refractivity (Wildman–Crippen MR) is 75.5 cm³/mol. The number of likely N-dealkylation sites (N-methyl/N-ethyl adjacent to an activating group) is 1. The molecule has 1 fully saturated rings. The smallest absolute Gasteiger partial charge is 0.255 e. The number of carbonyl (C=O) groups is 1. The quantitative estimate of drug-likeness (QED) is 0.889. The van der Waals surface area contributed by atoms with Crippen LogP contribution in [0.2, 0.25) is 0 Å². The lowest BCUT2D eigenvalue weighted by atomic mass is 10.1. The fraction of sp³-hybridized carbons (Fsp3) is 0.462. The van der Waals surface area contributed by atoms with Crippen LogP contribution in [0, 0.1) is 5.82 Å². The van der Waals surface area contributed by atoms with Gasteiger partial charge in [-0.2, -0.15) is 0 Å². The number of amides is 1. The van der Waals surface area contributed by atoms with E-state index in [0.717, 1.165) is 13.1 Å². The Morgan fingerprint density at radius 1 is 1.53 bits per heavy atom. The number of hydrogen-bond acceptors (Lipinski definition) is 3. The highest BCUT2D eigenvalue weighted by Crippen LogP contribution is 2.21. The first-order valence-electron chi connectivity index (χ1n) is 6.17. The van der Waals surface area contributed by atoms with Crippen molar-refractivity contribution < 1.29 is 9.18 Å². The first-order valence-corrected chi connectivity index (χ1v) is 6.97. The molecule has 2 N–H and O–H groups in total. The van der Waals surface area contributed by atoms with Crippen LogP contribution < -0.4 is 5.73 Å². The van der Waals surface area contributed by atoms with Crippen molar-refractivity contribution >= 4 is 21.8 Å². The van der Waals surface area contributed by atoms with Crippen LogP contribution in [0.4, 0.5) is 4.39 Å². The van der Waals surface area contributed by atoms with Crippen LogP contribution in [0.3, 0.4) is 0 Å². The summed E-state index contributed by atoms with van der Waals surface area (Å²) >= 11 is 3.24. The third-order valence-electron chi connectivity index (χ3n) is 3.38. The Morgan fingerprint density at radius 3 is 2.89 bits per heavy atom. The second kappa shape index (κ2) is 5.98. The number of nitrogens with two attached hydrogens (primary N) is 1. The molecule has 0 spiro atoms. The summed E-state index contributed by atoms with van der Waals surface area (Å²) in [6, 6.07) is 4.11. The van der Waals surface area contributed by atoms with Crippen molar-refractivity contribution in [1.82, 2.24) is 9.80 Å². The third kappa shape index (κ3) is 3.13. The number of halogens is 2. The summed E-state index contributed by atoms with van der Waals surface area (Å²) in [6.45, 7) is 2.65. The molecule has 1 aliphatic rings. The molecule has 0 bridgehead atoms. The normalized spacial score (nSPS) is 20.6. The second-order valence-electron chi connectivity index (χ2n) is 4.77. The van der Waals surface area contributed by atoms with E-state index in [0.29, 0.717) is 23.1 Å². The Hall–Kier alpha value is -0.980. The van der Waals surface area contributed by atoms with Crippen molar-refractivity contribution in [2.75, 3.05) is 33.2 Å². The van der Waals surface area contributed by atoms with Gasteiger partial charge in [0.15, 0.2) is 0 Å². The minimum atomic E-state index is -0.364. The first kappa shape index (κ1) is 14.4. The fourth-order valence-electron chi connectivity index (χ4n) is 2.30. The van der Waals surface area contributed by atoms with Crippen LogP contribution in [0.1, 0.15) is 10.4 Å². The topological polar surface area (TPSA) is 49.6 Å². The zero-order valence-corrected chi connectivity index (χ0v) is 12.4. The lowest BCUT2D eigenvalue weighted by Gasteiger charge is -2.39. The molecule has 0 aliphatic carbocycles. The molecule has 1 aliphatic heterocycles. The average Bonchev–Trinajstić information content (AvgIpc) is 2.37. The summed E-state index contributed by atoms with van der Waals surface area (Å²) in [5.74, 6) is -0.465. The van der Waals surface area contributed by atoms with Gasteiger partial charge in [0.1, 0.15) is 5.82 Å². The maximum Gasteiger partial charge on any atom is 0.255 e. The molecule has 104 valence electrons. The van der Waals surface area contributed by atoms with Gasteiger partial charge in [-0.1, -0.05) is 0 Å². The molecule has 1 aromatic carbocycles. The molecule has 0 saturated carbocycles. The fourth-order valence-corrected chi connectivity index (χ4v) is 2.82. The van der Waals surface area contributed by atoms with Crippen LogP contribution in [0.25, 0.3) is 0 Å². The molecule has 6 heteroatoms. The minimum Gasteiger partial charge on any atom is -0.332 e. The summed E-state index contributed by atoms with van der Waals surface area (Å²) in [6.07, 6.45) is 0. The Kier molecular flexibility index (Phi) is 4.54. The van der Waals surface area contributed by atoms with Gasteiger partial charge in [0.05, 0.1) is 11.6 Å². The molecular weight excluding hydrogens is 313 g/mol. The van der Waals surface area contributed by atoms with Gasteiger partial charge in [-0.05, 0) is 41.2 Å². The van der Waals surface area contributed by atoms with E-state index in [1.165, 1.54) is 18.2 Å². The average molecular weight is 330 g/mol. The van der Waals surface area contributed by atoms with Gasteiger partial charge >= 0.3 is 0 Å². The summed E-state index contributed by atoms with van der Waals surface area (Å²) in [4.78, 5) is 16.4. The zero-order chi connectivity index (χ0) is 14.0. The molecule has 1 unspecified atom stereocenters. The summed E-state index contributed by atoms with van der Waals surface area (Å²) < 4.78 is 13.5. The van der Waals surface area contributed by atoms with Crippen molar-refractivity contribution in [2.24, 2.45) is 5.73 Å². The first-order chi connectivity index (χ1) is 9.02. The molecular formula is C13H17BrFN3O. The largest absolute Gasteiger partial charge is 0.332 e. The van der Waals surface area contributed by atoms with E-state index in [-0.39, 0.29) is 17.8 Å². The van der Waals surface area contributed by atoms with Gasteiger partial charge in [0.2, 0.25) is 0 Å². The summed E-state index contributed by atoms with van der Waals surface area (Å²) in [5.41, 5.74) is 6.22. The summed E-state index contributed by atoms with van der Waals surface area (Å²) in [7, 11) is 2.01. The van der Waals surface area contributed by atoms with E-state index >= 15 is 0 Å². The van der Waals surface area contributed by atoms with E-state index < -0.39 is 0 Å². The predicted octanol–water partition coefficient (Wildman–Crippen LogP) is 1.30. The van der Waals surface area contributed by atoms with Gasteiger partial charge in [-0.15, -0.1) is 0 Å². The van der Waals surface area contributed by atoms with E-state index in [4.69, 9.17) is 5.73 Å². The number of carbonyl (C=O) groups excluding carboxylic acids is 1. The molecule has 1 amide bonds. The van der Waals surface area contributed by atoms with Crippen molar-refractivity contribution in [3.63, 3.8) is 0 Å². The van der Waals surface area contributed by atoms with E-state index in [1.54, 1.807) is 4.90 Å². The lowest BCUT2D eigenvalue weighted by Crippen LogP contribution is -2.56. The lowest BCUT2D eigenvalue weighted by molar-refractivity contribution is 0.0515. The molecule has 1 heterocycles. The number of nitrogens with zero attached hydrogens (tertiary/aromatic N) is 2. The van der Waals surface area contributed by atoms with Gasteiger partial charge in [0, 0.05) is 30.7 Å². The number of hydrogen-bond donors (Lipinski definition) is 1. The standard InChI is InChI=1S/C13H17BrFN3O/c1-17-4-5-18(10(7-16)8-17)13(19)11-3-2-9(15)6-12(11)14/h2-3,6,10H,4-5,7-8,16H2,1H3. The van der Waals surface area contributed by atoms with Crippen LogP contribution >= 0.6 is 15.9 Å². The maximum atomic E-state index is 13.1. The molecule has 0 radical (unpaired) electrons. The molecule has 1 atom stereocenters. The molecule has 1 aromatic rings. The minimum absolute atomic E-state index is 0.00297. The van der Waals surface area contributed by atoms with Crippen LogP contribution in [-0.4, -0.2) is 55.0 Å². The van der Waals surface area contributed by atoms with Crippen LogP contribution in [0.15, 0.2) is 22.7 Å². The van der Waals surface area contributed by atoms with E-state index in [1.807, 2.05) is 7.05 Å². The monoisotopic (exact) mass is 329 g/mol. The number of rotatable bonds is 2. The molecule has 1 saturated heterocycles. The Bertz CT molecular complexity index is 483. The maximum absolute atomic E-state index is 13.1. The Morgan fingerprint density at radius 2 is 2.26 bits per heavy atom. The van der Waals surface area contributed by atoms with Crippen molar-refractivity contribution in [2.45, 2.75) is 6.04 Å². The van der Waals surface area contributed by atoms with E-state index in [2.05, 4.69) is 20.8 Å². The number of benzene rings is 1. The third-order valence-corrected chi connectivity index (χ3v) is 4.04. The Labute approximate surface area is 120 Å². The zero-order valence-electron chi connectivity index (χ0n) is 10.8.